The predicted octanol–water partition coefficient (Wildman–Crippen LogP) is 2.69. The number of aliphatic hydroxyl groups is 1. The van der Waals surface area contributed by atoms with Gasteiger partial charge >= 0.3 is 0 Å². The lowest BCUT2D eigenvalue weighted by atomic mass is 10.1. The molecule has 0 saturated heterocycles. The lowest BCUT2D eigenvalue weighted by Gasteiger charge is -2.14. The first-order chi connectivity index (χ1) is 10.7. The van der Waals surface area contributed by atoms with E-state index in [9.17, 15) is 4.79 Å². The van der Waals surface area contributed by atoms with Gasteiger partial charge in [0.15, 0.2) is 0 Å². The second-order valence-electron chi connectivity index (χ2n) is 6.26. The summed E-state index contributed by atoms with van der Waals surface area (Å²) in [6.07, 6.45) is 6.35. The van der Waals surface area contributed by atoms with Gasteiger partial charge in [-0.3, -0.25) is 4.79 Å². The highest BCUT2D eigenvalue weighted by Crippen LogP contribution is 2.24. The SMILES string of the molecule is CC(CO)CNC(=O)CCc1cccc(OC2CCCC2)c1. The molecule has 1 aromatic carbocycles. The van der Waals surface area contributed by atoms with E-state index in [0.29, 0.717) is 25.5 Å². The number of carbonyl (C=O) groups is 1. The molecule has 0 radical (unpaired) electrons. The Bertz CT molecular complexity index is 469. The van der Waals surface area contributed by atoms with Gasteiger partial charge in [-0.25, -0.2) is 0 Å². The smallest absolute Gasteiger partial charge is 0.220 e. The van der Waals surface area contributed by atoms with Crippen LogP contribution in [0.5, 0.6) is 5.75 Å². The first-order valence-electron chi connectivity index (χ1n) is 8.30. The summed E-state index contributed by atoms with van der Waals surface area (Å²) in [7, 11) is 0. The Morgan fingerprint density at radius 3 is 2.91 bits per heavy atom. The van der Waals surface area contributed by atoms with Gasteiger partial charge in [-0.05, 0) is 55.7 Å². The number of amides is 1. The van der Waals surface area contributed by atoms with Crippen molar-refractivity contribution in [1.29, 1.82) is 0 Å². The van der Waals surface area contributed by atoms with Gasteiger partial charge in [0.2, 0.25) is 5.91 Å². The van der Waals surface area contributed by atoms with Crippen LogP contribution in [0.1, 0.15) is 44.6 Å². The number of rotatable bonds is 8. The molecule has 1 aromatic rings. The largest absolute Gasteiger partial charge is 0.490 e. The molecule has 122 valence electrons. The van der Waals surface area contributed by atoms with Crippen molar-refractivity contribution in [2.45, 2.75) is 51.6 Å². The highest BCUT2D eigenvalue weighted by molar-refractivity contribution is 5.76. The molecule has 0 bridgehead atoms. The molecule has 0 spiro atoms. The first-order valence-corrected chi connectivity index (χ1v) is 8.30. The van der Waals surface area contributed by atoms with Gasteiger partial charge in [-0.15, -0.1) is 0 Å². The summed E-state index contributed by atoms with van der Waals surface area (Å²) >= 11 is 0. The summed E-state index contributed by atoms with van der Waals surface area (Å²) in [6.45, 7) is 2.53. The van der Waals surface area contributed by atoms with Crippen molar-refractivity contribution in [3.05, 3.63) is 29.8 Å². The second-order valence-corrected chi connectivity index (χ2v) is 6.26. The van der Waals surface area contributed by atoms with Crippen molar-refractivity contribution in [3.63, 3.8) is 0 Å². The molecule has 1 atom stereocenters. The summed E-state index contributed by atoms with van der Waals surface area (Å²) in [5.41, 5.74) is 1.13. The van der Waals surface area contributed by atoms with Crippen molar-refractivity contribution in [2.75, 3.05) is 13.2 Å². The highest BCUT2D eigenvalue weighted by atomic mass is 16.5. The van der Waals surface area contributed by atoms with Gasteiger partial charge in [-0.2, -0.15) is 0 Å². The van der Waals surface area contributed by atoms with Crippen LogP contribution < -0.4 is 10.1 Å². The van der Waals surface area contributed by atoms with E-state index in [1.807, 2.05) is 31.2 Å². The van der Waals surface area contributed by atoms with E-state index in [0.717, 1.165) is 24.2 Å². The number of aryl methyl sites for hydroxylation is 1. The number of aliphatic hydroxyl groups excluding tert-OH is 1. The lowest BCUT2D eigenvalue weighted by molar-refractivity contribution is -0.121. The Morgan fingerprint density at radius 1 is 1.41 bits per heavy atom. The third-order valence-corrected chi connectivity index (χ3v) is 4.10. The van der Waals surface area contributed by atoms with Gasteiger partial charge < -0.3 is 15.2 Å². The number of carbonyl (C=O) groups excluding carboxylic acids is 1. The van der Waals surface area contributed by atoms with Crippen LogP contribution in [0, 0.1) is 5.92 Å². The van der Waals surface area contributed by atoms with Crippen LogP contribution in [0.15, 0.2) is 24.3 Å². The van der Waals surface area contributed by atoms with E-state index in [4.69, 9.17) is 9.84 Å². The molecule has 1 saturated carbocycles. The Kier molecular flexibility index (Phi) is 6.72. The minimum atomic E-state index is 0.0300. The van der Waals surface area contributed by atoms with Crippen LogP contribution in [0.4, 0.5) is 0 Å². The third-order valence-electron chi connectivity index (χ3n) is 4.10. The van der Waals surface area contributed by atoms with Crippen molar-refractivity contribution >= 4 is 5.91 Å². The molecular formula is C18H27NO3. The standard InChI is InChI=1S/C18H27NO3/c1-14(13-20)12-19-18(21)10-9-15-5-4-8-17(11-15)22-16-6-2-3-7-16/h4-5,8,11,14,16,20H,2-3,6-7,9-10,12-13H2,1H3,(H,19,21). The maximum Gasteiger partial charge on any atom is 0.220 e. The quantitative estimate of drug-likeness (QED) is 0.776. The lowest BCUT2D eigenvalue weighted by Crippen LogP contribution is -2.29. The molecule has 1 aliphatic rings. The van der Waals surface area contributed by atoms with Gasteiger partial charge in [-0.1, -0.05) is 19.1 Å². The fraction of sp³-hybridized carbons (Fsp3) is 0.611. The van der Waals surface area contributed by atoms with Crippen LogP contribution >= 0.6 is 0 Å². The number of hydrogen-bond donors (Lipinski definition) is 2. The topological polar surface area (TPSA) is 58.6 Å². The fourth-order valence-corrected chi connectivity index (χ4v) is 2.67. The average Bonchev–Trinajstić information content (AvgIpc) is 3.04. The molecule has 1 aliphatic carbocycles. The molecule has 1 unspecified atom stereocenters. The summed E-state index contributed by atoms with van der Waals surface area (Å²) in [4.78, 5) is 11.8. The number of nitrogens with one attached hydrogen (secondary N) is 1. The van der Waals surface area contributed by atoms with Crippen LogP contribution in [0.2, 0.25) is 0 Å². The van der Waals surface area contributed by atoms with Gasteiger partial charge in [0, 0.05) is 19.6 Å². The maximum atomic E-state index is 11.8. The summed E-state index contributed by atoms with van der Waals surface area (Å²) in [6, 6.07) is 8.06. The van der Waals surface area contributed by atoms with Crippen LogP contribution in [-0.2, 0) is 11.2 Å². The van der Waals surface area contributed by atoms with Crippen LogP contribution in [-0.4, -0.2) is 30.3 Å². The van der Waals surface area contributed by atoms with E-state index in [1.165, 1.54) is 12.8 Å². The van der Waals surface area contributed by atoms with E-state index in [-0.39, 0.29) is 18.4 Å². The predicted molar refractivity (Wildman–Crippen MR) is 86.9 cm³/mol. The van der Waals surface area contributed by atoms with E-state index in [2.05, 4.69) is 5.32 Å². The zero-order valence-corrected chi connectivity index (χ0v) is 13.4. The number of ether oxygens (including phenoxy) is 1. The molecular weight excluding hydrogens is 278 g/mol. The van der Waals surface area contributed by atoms with Gasteiger partial charge in [0.25, 0.3) is 0 Å². The number of benzene rings is 1. The zero-order valence-electron chi connectivity index (χ0n) is 13.4. The molecule has 0 aromatic heterocycles. The molecule has 22 heavy (non-hydrogen) atoms. The third kappa shape index (κ3) is 5.68. The van der Waals surface area contributed by atoms with E-state index < -0.39 is 0 Å². The average molecular weight is 305 g/mol. The summed E-state index contributed by atoms with van der Waals surface area (Å²) < 4.78 is 5.99. The first kappa shape index (κ1) is 16.8. The van der Waals surface area contributed by atoms with Crippen LogP contribution in [0.25, 0.3) is 0 Å². The van der Waals surface area contributed by atoms with Gasteiger partial charge in [0.05, 0.1) is 6.10 Å². The molecule has 1 fully saturated rings. The molecule has 2 N–H and O–H groups in total. The minimum absolute atomic E-state index is 0.0300. The zero-order chi connectivity index (χ0) is 15.8. The van der Waals surface area contributed by atoms with E-state index >= 15 is 0 Å². The Hall–Kier alpha value is -1.55. The molecule has 0 aliphatic heterocycles. The molecule has 4 heteroatoms. The second kappa shape index (κ2) is 8.79. The molecule has 4 nitrogen and oxygen atoms in total. The molecule has 1 amide bonds. The van der Waals surface area contributed by atoms with Crippen molar-refractivity contribution in [1.82, 2.24) is 5.32 Å². The maximum absolute atomic E-state index is 11.8. The Balaban J connectivity index is 1.76. The van der Waals surface area contributed by atoms with E-state index in [1.54, 1.807) is 0 Å². The van der Waals surface area contributed by atoms with Gasteiger partial charge in [0.1, 0.15) is 5.75 Å². The summed E-state index contributed by atoms with van der Waals surface area (Å²) in [5, 5.41) is 11.8. The van der Waals surface area contributed by atoms with Crippen LogP contribution in [0.3, 0.4) is 0 Å². The molecule has 2 rings (SSSR count). The van der Waals surface area contributed by atoms with Crippen molar-refractivity contribution in [3.8, 4) is 5.75 Å². The Morgan fingerprint density at radius 2 is 2.18 bits per heavy atom. The monoisotopic (exact) mass is 305 g/mol. The van der Waals surface area contributed by atoms with Crippen molar-refractivity contribution < 1.29 is 14.6 Å². The normalized spacial score (nSPS) is 16.5. The Labute approximate surface area is 132 Å². The van der Waals surface area contributed by atoms with Crippen molar-refractivity contribution in [2.24, 2.45) is 5.92 Å². The highest BCUT2D eigenvalue weighted by Gasteiger charge is 2.16. The number of hydrogen-bond acceptors (Lipinski definition) is 3. The minimum Gasteiger partial charge on any atom is -0.490 e. The fourth-order valence-electron chi connectivity index (χ4n) is 2.67. The molecule has 0 heterocycles. The summed E-state index contributed by atoms with van der Waals surface area (Å²) in [5.74, 6) is 1.05.